The molecule has 0 bridgehead atoms. The molecule has 0 aliphatic heterocycles. The Morgan fingerprint density at radius 3 is 2.85 bits per heavy atom. The Balaban J connectivity index is 2.25. The number of rotatable bonds is 6. The van der Waals surface area contributed by atoms with E-state index in [2.05, 4.69) is 38.1 Å². The van der Waals surface area contributed by atoms with Crippen LogP contribution in [0, 0.1) is 0 Å². The van der Waals surface area contributed by atoms with Gasteiger partial charge in [0.2, 0.25) is 5.88 Å². The molecular weight excluding hydrogens is 338 g/mol. The standard InChI is InChI=1S/C14H16BrN3OS/c1-3-8-16-13-12(15)14(18-9-17-13)19-10-6-4-5-7-11(10)20-2/h4-7,9H,3,8H2,1-2H3,(H,16,17,18). The highest BCUT2D eigenvalue weighted by Crippen LogP contribution is 2.35. The number of benzene rings is 1. The van der Waals surface area contributed by atoms with Crippen LogP contribution in [-0.2, 0) is 0 Å². The van der Waals surface area contributed by atoms with Gasteiger partial charge in [0, 0.05) is 11.4 Å². The van der Waals surface area contributed by atoms with Crippen LogP contribution in [-0.4, -0.2) is 22.8 Å². The quantitative estimate of drug-likeness (QED) is 0.770. The van der Waals surface area contributed by atoms with Gasteiger partial charge in [-0.2, -0.15) is 0 Å². The minimum Gasteiger partial charge on any atom is -0.436 e. The number of nitrogens with zero attached hydrogens (tertiary/aromatic N) is 2. The Morgan fingerprint density at radius 2 is 2.10 bits per heavy atom. The van der Waals surface area contributed by atoms with Crippen molar-refractivity contribution in [3.05, 3.63) is 35.1 Å². The number of hydrogen-bond donors (Lipinski definition) is 1. The first-order chi connectivity index (χ1) is 9.76. The van der Waals surface area contributed by atoms with E-state index in [0.717, 1.165) is 33.9 Å². The van der Waals surface area contributed by atoms with Gasteiger partial charge in [-0.3, -0.25) is 0 Å². The summed E-state index contributed by atoms with van der Waals surface area (Å²) in [6, 6.07) is 7.88. The van der Waals surface area contributed by atoms with E-state index in [9.17, 15) is 0 Å². The third-order valence-electron chi connectivity index (χ3n) is 2.58. The minimum atomic E-state index is 0.514. The Hall–Kier alpha value is -1.27. The molecule has 20 heavy (non-hydrogen) atoms. The van der Waals surface area contributed by atoms with Gasteiger partial charge in [-0.1, -0.05) is 19.1 Å². The average Bonchev–Trinajstić information content (AvgIpc) is 2.48. The summed E-state index contributed by atoms with van der Waals surface area (Å²) in [5.74, 6) is 2.06. The van der Waals surface area contributed by atoms with Gasteiger partial charge in [-0.05, 0) is 40.7 Å². The van der Waals surface area contributed by atoms with Gasteiger partial charge in [-0.25, -0.2) is 9.97 Å². The third-order valence-corrected chi connectivity index (χ3v) is 4.07. The molecule has 0 spiro atoms. The molecule has 0 fully saturated rings. The highest BCUT2D eigenvalue weighted by Gasteiger charge is 2.12. The lowest BCUT2D eigenvalue weighted by Crippen LogP contribution is -2.04. The summed E-state index contributed by atoms with van der Waals surface area (Å²) >= 11 is 5.14. The molecule has 0 saturated heterocycles. The molecule has 0 unspecified atom stereocenters. The van der Waals surface area contributed by atoms with E-state index in [4.69, 9.17) is 4.74 Å². The van der Waals surface area contributed by atoms with E-state index in [1.165, 1.54) is 6.33 Å². The first-order valence-electron chi connectivity index (χ1n) is 6.31. The number of ether oxygens (including phenoxy) is 1. The topological polar surface area (TPSA) is 47.0 Å². The average molecular weight is 354 g/mol. The molecule has 0 saturated carbocycles. The fourth-order valence-electron chi connectivity index (χ4n) is 1.60. The Labute approximate surface area is 131 Å². The zero-order valence-corrected chi connectivity index (χ0v) is 13.8. The van der Waals surface area contributed by atoms with Crippen molar-refractivity contribution < 1.29 is 4.74 Å². The van der Waals surface area contributed by atoms with Gasteiger partial charge in [0.15, 0.2) is 0 Å². The monoisotopic (exact) mass is 353 g/mol. The van der Waals surface area contributed by atoms with Gasteiger partial charge >= 0.3 is 0 Å². The molecule has 6 heteroatoms. The lowest BCUT2D eigenvalue weighted by molar-refractivity contribution is 0.448. The Morgan fingerprint density at radius 1 is 1.30 bits per heavy atom. The van der Waals surface area contributed by atoms with Crippen molar-refractivity contribution in [2.45, 2.75) is 18.2 Å². The van der Waals surface area contributed by atoms with Crippen LogP contribution in [0.15, 0.2) is 40.0 Å². The van der Waals surface area contributed by atoms with Gasteiger partial charge in [0.25, 0.3) is 0 Å². The molecule has 2 rings (SSSR count). The van der Waals surface area contributed by atoms with Crippen molar-refractivity contribution in [3.8, 4) is 11.6 Å². The number of hydrogen-bond acceptors (Lipinski definition) is 5. The predicted octanol–water partition coefficient (Wildman–Crippen LogP) is 4.58. The van der Waals surface area contributed by atoms with Crippen LogP contribution < -0.4 is 10.1 Å². The van der Waals surface area contributed by atoms with E-state index < -0.39 is 0 Å². The maximum Gasteiger partial charge on any atom is 0.238 e. The first-order valence-corrected chi connectivity index (χ1v) is 8.33. The van der Waals surface area contributed by atoms with Crippen LogP contribution in [0.5, 0.6) is 11.6 Å². The molecule has 1 heterocycles. The number of nitrogens with one attached hydrogen (secondary N) is 1. The van der Waals surface area contributed by atoms with E-state index in [1.54, 1.807) is 11.8 Å². The molecule has 0 aliphatic rings. The highest BCUT2D eigenvalue weighted by atomic mass is 79.9. The van der Waals surface area contributed by atoms with E-state index in [1.807, 2.05) is 30.5 Å². The number of halogens is 1. The van der Waals surface area contributed by atoms with E-state index in [-0.39, 0.29) is 0 Å². The summed E-state index contributed by atoms with van der Waals surface area (Å²) in [6.45, 7) is 2.96. The maximum absolute atomic E-state index is 5.89. The number of aromatic nitrogens is 2. The summed E-state index contributed by atoms with van der Waals surface area (Å²) in [4.78, 5) is 9.47. The molecule has 106 valence electrons. The van der Waals surface area contributed by atoms with Gasteiger partial charge in [0.05, 0.1) is 0 Å². The van der Waals surface area contributed by atoms with Crippen LogP contribution in [0.25, 0.3) is 0 Å². The summed E-state index contributed by atoms with van der Waals surface area (Å²) < 4.78 is 6.63. The van der Waals surface area contributed by atoms with Crippen molar-refractivity contribution in [2.75, 3.05) is 18.1 Å². The molecule has 1 N–H and O–H groups in total. The number of anilines is 1. The zero-order chi connectivity index (χ0) is 14.4. The summed E-state index contributed by atoms with van der Waals surface area (Å²) in [6.07, 6.45) is 4.55. The second kappa shape index (κ2) is 7.50. The van der Waals surface area contributed by atoms with Crippen molar-refractivity contribution >= 4 is 33.5 Å². The molecule has 0 radical (unpaired) electrons. The van der Waals surface area contributed by atoms with Gasteiger partial charge in [0.1, 0.15) is 22.4 Å². The molecule has 0 atom stereocenters. The van der Waals surface area contributed by atoms with Crippen molar-refractivity contribution in [1.29, 1.82) is 0 Å². The second-order valence-electron chi connectivity index (χ2n) is 4.02. The summed E-state index contributed by atoms with van der Waals surface area (Å²) in [5.41, 5.74) is 0. The minimum absolute atomic E-state index is 0.514. The zero-order valence-electron chi connectivity index (χ0n) is 11.4. The maximum atomic E-state index is 5.89. The van der Waals surface area contributed by atoms with Gasteiger partial charge < -0.3 is 10.1 Å². The van der Waals surface area contributed by atoms with E-state index >= 15 is 0 Å². The molecule has 2 aromatic rings. The summed E-state index contributed by atoms with van der Waals surface area (Å²) in [5, 5.41) is 3.23. The fraction of sp³-hybridized carbons (Fsp3) is 0.286. The second-order valence-corrected chi connectivity index (χ2v) is 5.66. The van der Waals surface area contributed by atoms with Crippen molar-refractivity contribution in [2.24, 2.45) is 0 Å². The van der Waals surface area contributed by atoms with Crippen LogP contribution in [0.1, 0.15) is 13.3 Å². The lowest BCUT2D eigenvalue weighted by atomic mass is 10.3. The smallest absolute Gasteiger partial charge is 0.238 e. The number of thioether (sulfide) groups is 1. The molecule has 0 amide bonds. The number of para-hydroxylation sites is 1. The highest BCUT2D eigenvalue weighted by molar-refractivity contribution is 9.10. The molecule has 0 aliphatic carbocycles. The molecule has 1 aromatic heterocycles. The van der Waals surface area contributed by atoms with Crippen LogP contribution in [0.2, 0.25) is 0 Å². The molecular formula is C14H16BrN3OS. The lowest BCUT2D eigenvalue weighted by Gasteiger charge is -2.12. The normalized spacial score (nSPS) is 10.3. The van der Waals surface area contributed by atoms with Crippen LogP contribution in [0.3, 0.4) is 0 Å². The van der Waals surface area contributed by atoms with Gasteiger partial charge in [-0.15, -0.1) is 11.8 Å². The SMILES string of the molecule is CCCNc1ncnc(Oc2ccccc2SC)c1Br. The fourth-order valence-corrected chi connectivity index (χ4v) is 2.55. The molecule has 4 nitrogen and oxygen atoms in total. The van der Waals surface area contributed by atoms with E-state index in [0.29, 0.717) is 5.88 Å². The summed E-state index contributed by atoms with van der Waals surface area (Å²) in [7, 11) is 0. The van der Waals surface area contributed by atoms with Crippen molar-refractivity contribution in [3.63, 3.8) is 0 Å². The largest absolute Gasteiger partial charge is 0.436 e. The predicted molar refractivity (Wildman–Crippen MR) is 86.8 cm³/mol. The van der Waals surface area contributed by atoms with Crippen LogP contribution in [0.4, 0.5) is 5.82 Å². The molecule has 1 aromatic carbocycles. The third kappa shape index (κ3) is 3.64. The van der Waals surface area contributed by atoms with Crippen LogP contribution >= 0.6 is 27.7 Å². The first kappa shape index (κ1) is 15.1. The Kier molecular flexibility index (Phi) is 5.67. The van der Waals surface area contributed by atoms with Crippen molar-refractivity contribution in [1.82, 2.24) is 9.97 Å². The Bertz CT molecular complexity index is 580.